The molecule has 0 saturated heterocycles. The average molecular weight is 512 g/mol. The van der Waals surface area contributed by atoms with Crippen LogP contribution in [-0.2, 0) is 24.8 Å². The molecule has 4 aromatic rings. The molecule has 2 N–H and O–H groups in total. The summed E-state index contributed by atoms with van der Waals surface area (Å²) in [6.07, 6.45) is 9.82. The third kappa shape index (κ3) is 5.98. The molecule has 0 aromatic carbocycles. The lowest BCUT2D eigenvalue weighted by Gasteiger charge is -2.14. The summed E-state index contributed by atoms with van der Waals surface area (Å²) in [5, 5.41) is 10.3. The standard InChI is InChI=1S/C24H33N7O2SSi/c1-17-22-21(13-27-31(23(22)32)14-19-7-9-29(2)28-19)24-30(17)15-20(34-24)12-18(25)6-8-26-16-33-10-11-35(3,4)5/h6-9,13,15H,10-12,14,16,25H2,1-5H3. The largest absolute Gasteiger partial charge is 0.402 e. The minimum absolute atomic E-state index is 0.106. The summed E-state index contributed by atoms with van der Waals surface area (Å²) in [6, 6.07) is 3.02. The zero-order valence-corrected chi connectivity index (χ0v) is 22.8. The van der Waals surface area contributed by atoms with E-state index in [9.17, 15) is 4.79 Å². The lowest BCUT2D eigenvalue weighted by Crippen LogP contribution is -2.23. The van der Waals surface area contributed by atoms with Crippen molar-refractivity contribution in [2.45, 2.75) is 45.6 Å². The Morgan fingerprint density at radius 3 is 2.86 bits per heavy atom. The quantitative estimate of drug-likeness (QED) is 0.199. The molecule has 0 saturated carbocycles. The number of nitrogens with two attached hydrogens (primary N) is 1. The summed E-state index contributed by atoms with van der Waals surface area (Å²) >= 11 is 1.62. The molecule has 0 aliphatic carbocycles. The van der Waals surface area contributed by atoms with Crippen LogP contribution in [0.4, 0.5) is 0 Å². The van der Waals surface area contributed by atoms with Gasteiger partial charge in [0.15, 0.2) is 0 Å². The molecule has 4 heterocycles. The molecule has 0 atom stereocenters. The van der Waals surface area contributed by atoms with Gasteiger partial charge in [0.2, 0.25) is 0 Å². The van der Waals surface area contributed by atoms with Gasteiger partial charge in [0, 0.05) is 68.4 Å². The third-order valence-corrected chi connectivity index (χ3v) is 8.56. The Kier molecular flexibility index (Phi) is 7.38. The number of aryl methyl sites for hydroxylation is 2. The number of ether oxygens (including phenoxy) is 1. The first-order valence-electron chi connectivity index (χ1n) is 11.6. The van der Waals surface area contributed by atoms with Gasteiger partial charge in [-0.25, -0.2) is 4.68 Å². The van der Waals surface area contributed by atoms with E-state index in [0.29, 0.717) is 25.1 Å². The molecule has 0 bridgehead atoms. The first kappa shape index (κ1) is 25.1. The first-order valence-corrected chi connectivity index (χ1v) is 16.1. The number of hydrogen-bond acceptors (Lipinski definition) is 7. The number of thiazole rings is 1. The predicted molar refractivity (Wildman–Crippen MR) is 145 cm³/mol. The fourth-order valence-corrected chi connectivity index (χ4v) is 5.75. The van der Waals surface area contributed by atoms with Gasteiger partial charge in [-0.05, 0) is 25.1 Å². The van der Waals surface area contributed by atoms with Gasteiger partial charge in [-0.3, -0.25) is 14.5 Å². The zero-order valence-electron chi connectivity index (χ0n) is 21.0. The minimum atomic E-state index is -1.07. The average Bonchev–Trinajstić information content (AvgIpc) is 3.45. The fraction of sp³-hybridized carbons (Fsp3) is 0.417. The van der Waals surface area contributed by atoms with Gasteiger partial charge in [0.25, 0.3) is 5.56 Å². The van der Waals surface area contributed by atoms with Crippen LogP contribution in [-0.4, -0.2) is 51.6 Å². The second-order valence-corrected chi connectivity index (χ2v) is 16.7. The Balaban J connectivity index is 1.45. The van der Waals surface area contributed by atoms with Crippen molar-refractivity contribution >= 4 is 41.2 Å². The van der Waals surface area contributed by atoms with Crippen molar-refractivity contribution in [1.29, 1.82) is 0 Å². The van der Waals surface area contributed by atoms with E-state index in [1.807, 2.05) is 32.3 Å². The minimum Gasteiger partial charge on any atom is -0.402 e. The molecular weight excluding hydrogens is 478 g/mol. The van der Waals surface area contributed by atoms with Gasteiger partial charge >= 0.3 is 0 Å². The highest BCUT2D eigenvalue weighted by Gasteiger charge is 2.17. The maximum atomic E-state index is 13.2. The molecule has 0 aliphatic rings. The van der Waals surface area contributed by atoms with E-state index < -0.39 is 8.07 Å². The summed E-state index contributed by atoms with van der Waals surface area (Å²) in [6.45, 7) is 10.4. The van der Waals surface area contributed by atoms with Crippen LogP contribution in [0.3, 0.4) is 0 Å². The van der Waals surface area contributed by atoms with Crippen molar-refractivity contribution in [3.8, 4) is 0 Å². The summed E-state index contributed by atoms with van der Waals surface area (Å²) in [4.78, 5) is 19.5. The number of rotatable bonds is 10. The maximum Gasteiger partial charge on any atom is 0.276 e. The van der Waals surface area contributed by atoms with E-state index in [2.05, 4.69) is 45.4 Å². The summed E-state index contributed by atoms with van der Waals surface area (Å²) < 4.78 is 10.8. The molecule has 0 radical (unpaired) electrons. The van der Waals surface area contributed by atoms with E-state index >= 15 is 0 Å². The lowest BCUT2D eigenvalue weighted by molar-refractivity contribution is 0.156. The van der Waals surface area contributed by atoms with Gasteiger partial charge < -0.3 is 14.9 Å². The van der Waals surface area contributed by atoms with Crippen LogP contribution in [0.1, 0.15) is 16.3 Å². The monoisotopic (exact) mass is 511 g/mol. The van der Waals surface area contributed by atoms with Crippen molar-refractivity contribution < 1.29 is 4.74 Å². The van der Waals surface area contributed by atoms with Gasteiger partial charge in [0.05, 0.1) is 23.8 Å². The van der Waals surface area contributed by atoms with Crippen molar-refractivity contribution in [2.75, 3.05) is 13.3 Å². The highest BCUT2D eigenvalue weighted by molar-refractivity contribution is 7.18. The SMILES string of the molecule is Cc1c2c(=O)n(Cc3ccn(C)n3)ncc2c2sc(CC(N)=CC=NCOCC[Si](C)(C)C)cn12. The predicted octanol–water partition coefficient (Wildman–Crippen LogP) is 3.57. The maximum absolute atomic E-state index is 13.2. The first-order chi connectivity index (χ1) is 16.6. The lowest BCUT2D eigenvalue weighted by atomic mass is 10.2. The van der Waals surface area contributed by atoms with Crippen LogP contribution in [0, 0.1) is 6.92 Å². The molecule has 35 heavy (non-hydrogen) atoms. The van der Waals surface area contributed by atoms with Crippen LogP contribution in [0.2, 0.25) is 25.7 Å². The second kappa shape index (κ2) is 10.3. The summed E-state index contributed by atoms with van der Waals surface area (Å²) in [7, 11) is 0.780. The molecule has 0 aliphatic heterocycles. The topological polar surface area (TPSA) is 105 Å². The Morgan fingerprint density at radius 1 is 1.34 bits per heavy atom. The molecule has 11 heteroatoms. The highest BCUT2D eigenvalue weighted by Crippen LogP contribution is 2.30. The number of aliphatic imine (C=N–C) groups is 1. The fourth-order valence-electron chi connectivity index (χ4n) is 3.80. The van der Waals surface area contributed by atoms with Crippen molar-refractivity contribution in [2.24, 2.45) is 17.8 Å². The Bertz CT molecular complexity index is 1450. The van der Waals surface area contributed by atoms with E-state index in [4.69, 9.17) is 10.5 Å². The summed E-state index contributed by atoms with van der Waals surface area (Å²) in [5.41, 5.74) is 8.54. The highest BCUT2D eigenvalue weighted by atomic mass is 32.1. The van der Waals surface area contributed by atoms with Gasteiger partial charge in [-0.1, -0.05) is 19.6 Å². The Labute approximate surface area is 209 Å². The molecule has 9 nitrogen and oxygen atoms in total. The summed E-state index contributed by atoms with van der Waals surface area (Å²) in [5.74, 6) is 0. The number of aromatic nitrogens is 5. The Morgan fingerprint density at radius 2 is 2.14 bits per heavy atom. The molecule has 0 amide bonds. The second-order valence-electron chi connectivity index (χ2n) is 9.93. The molecule has 0 fully saturated rings. The molecule has 4 rings (SSSR count). The Hall–Kier alpha value is -3.02. The van der Waals surface area contributed by atoms with Crippen molar-refractivity contribution in [3.63, 3.8) is 0 Å². The number of fused-ring (bicyclic) bond motifs is 3. The van der Waals surface area contributed by atoms with E-state index in [1.54, 1.807) is 28.4 Å². The van der Waals surface area contributed by atoms with Gasteiger partial charge in [-0.2, -0.15) is 10.2 Å². The van der Waals surface area contributed by atoms with E-state index in [1.165, 1.54) is 4.68 Å². The zero-order chi connectivity index (χ0) is 25.2. The van der Waals surface area contributed by atoms with Gasteiger partial charge in [0.1, 0.15) is 11.6 Å². The molecule has 0 unspecified atom stereocenters. The van der Waals surface area contributed by atoms with E-state index in [-0.39, 0.29) is 5.56 Å². The number of nitrogens with zero attached hydrogens (tertiary/aromatic N) is 6. The van der Waals surface area contributed by atoms with Crippen LogP contribution in [0.5, 0.6) is 0 Å². The smallest absolute Gasteiger partial charge is 0.276 e. The normalized spacial score (nSPS) is 13.1. The van der Waals surface area contributed by atoms with Crippen molar-refractivity contribution in [1.82, 2.24) is 24.0 Å². The molecule has 186 valence electrons. The van der Waals surface area contributed by atoms with Crippen molar-refractivity contribution in [3.05, 3.63) is 63.0 Å². The van der Waals surface area contributed by atoms with Crippen LogP contribution in [0.15, 0.2) is 46.2 Å². The number of allylic oxidation sites excluding steroid dienone is 2. The van der Waals surface area contributed by atoms with Gasteiger partial charge in [-0.15, -0.1) is 11.3 Å². The van der Waals surface area contributed by atoms with Crippen LogP contribution >= 0.6 is 11.3 Å². The van der Waals surface area contributed by atoms with Crippen LogP contribution in [0.25, 0.3) is 15.6 Å². The number of hydrogen-bond donors (Lipinski definition) is 1. The van der Waals surface area contributed by atoms with E-state index in [0.717, 1.165) is 44.8 Å². The molecule has 4 aromatic heterocycles. The molecular formula is C24H33N7O2SSi. The molecule has 0 spiro atoms. The van der Waals surface area contributed by atoms with Crippen LogP contribution < -0.4 is 11.3 Å². The third-order valence-electron chi connectivity index (χ3n) is 5.73.